The summed E-state index contributed by atoms with van der Waals surface area (Å²) in [5.41, 5.74) is 2.08. The number of aryl methyl sites for hydroxylation is 1. The van der Waals surface area contributed by atoms with Crippen molar-refractivity contribution >= 4 is 50.7 Å². The van der Waals surface area contributed by atoms with E-state index in [1.807, 2.05) is 31.2 Å². The molecule has 1 saturated carbocycles. The molecule has 0 heterocycles. The summed E-state index contributed by atoms with van der Waals surface area (Å²) in [7, 11) is -4.20. The molecule has 10 heteroatoms. The number of carbonyl (C=O) groups is 2. The van der Waals surface area contributed by atoms with Gasteiger partial charge in [0, 0.05) is 22.6 Å². The van der Waals surface area contributed by atoms with Crippen molar-refractivity contribution in [1.82, 2.24) is 10.2 Å². The minimum atomic E-state index is -4.20. The summed E-state index contributed by atoms with van der Waals surface area (Å²) in [4.78, 5) is 28.9. The van der Waals surface area contributed by atoms with Crippen LogP contribution in [-0.2, 0) is 26.2 Å². The molecule has 0 radical (unpaired) electrons. The van der Waals surface area contributed by atoms with Gasteiger partial charge in [0.15, 0.2) is 0 Å². The molecule has 0 spiro atoms. The van der Waals surface area contributed by atoms with E-state index < -0.39 is 28.5 Å². The molecule has 4 rings (SSSR count). The van der Waals surface area contributed by atoms with Crippen LogP contribution in [0.4, 0.5) is 5.69 Å². The predicted octanol–water partition coefficient (Wildman–Crippen LogP) is 6.36. The first-order valence-electron chi connectivity index (χ1n) is 13.7. The molecule has 41 heavy (non-hydrogen) atoms. The Morgan fingerprint density at radius 2 is 1.61 bits per heavy atom. The van der Waals surface area contributed by atoms with E-state index in [4.69, 9.17) is 23.2 Å². The highest BCUT2D eigenvalue weighted by Gasteiger charge is 2.33. The zero-order valence-corrected chi connectivity index (χ0v) is 25.6. The fourth-order valence-corrected chi connectivity index (χ4v) is 6.77. The van der Waals surface area contributed by atoms with E-state index in [9.17, 15) is 18.0 Å². The quantitative estimate of drug-likeness (QED) is 0.287. The lowest BCUT2D eigenvalue weighted by Crippen LogP contribution is -2.53. The average molecular weight is 617 g/mol. The van der Waals surface area contributed by atoms with Crippen LogP contribution < -0.4 is 9.62 Å². The van der Waals surface area contributed by atoms with Crippen LogP contribution in [0.1, 0.15) is 50.2 Å². The van der Waals surface area contributed by atoms with Crippen molar-refractivity contribution in [2.75, 3.05) is 10.8 Å². The van der Waals surface area contributed by atoms with Gasteiger partial charge in [-0.15, -0.1) is 0 Å². The first kappa shape index (κ1) is 30.9. The summed E-state index contributed by atoms with van der Waals surface area (Å²) in [5, 5.41) is 3.82. The number of carbonyl (C=O) groups excluding carboxylic acids is 2. The Bertz CT molecular complexity index is 1470. The summed E-state index contributed by atoms with van der Waals surface area (Å²) in [5.74, 6) is -0.775. The average Bonchev–Trinajstić information content (AvgIpc) is 2.95. The molecule has 1 fully saturated rings. The number of halogens is 2. The van der Waals surface area contributed by atoms with Crippen LogP contribution >= 0.6 is 23.2 Å². The number of rotatable bonds is 10. The zero-order chi connectivity index (χ0) is 29.6. The lowest BCUT2D eigenvalue weighted by Gasteiger charge is -2.33. The van der Waals surface area contributed by atoms with Gasteiger partial charge in [0.2, 0.25) is 11.8 Å². The van der Waals surface area contributed by atoms with Crippen LogP contribution in [0.25, 0.3) is 0 Å². The third kappa shape index (κ3) is 8.03. The molecule has 0 saturated heterocycles. The maximum absolute atomic E-state index is 14.1. The van der Waals surface area contributed by atoms with E-state index in [1.54, 1.807) is 25.1 Å². The highest BCUT2D eigenvalue weighted by Crippen LogP contribution is 2.28. The molecule has 7 nitrogen and oxygen atoms in total. The number of nitrogens with zero attached hydrogens (tertiary/aromatic N) is 2. The number of amides is 2. The van der Waals surface area contributed by atoms with Crippen LogP contribution in [0, 0.1) is 6.92 Å². The second-order valence-corrected chi connectivity index (χ2v) is 13.2. The number of anilines is 1. The van der Waals surface area contributed by atoms with Gasteiger partial charge in [-0.25, -0.2) is 8.42 Å². The van der Waals surface area contributed by atoms with Crippen LogP contribution in [0.3, 0.4) is 0 Å². The molecule has 0 aliphatic heterocycles. The van der Waals surface area contributed by atoms with Crippen molar-refractivity contribution in [2.24, 2.45) is 0 Å². The monoisotopic (exact) mass is 615 g/mol. The van der Waals surface area contributed by atoms with E-state index >= 15 is 0 Å². The summed E-state index contributed by atoms with van der Waals surface area (Å²) >= 11 is 12.2. The highest BCUT2D eigenvalue weighted by molar-refractivity contribution is 7.92. The molecule has 0 bridgehead atoms. The molecule has 1 atom stereocenters. The Balaban J connectivity index is 1.68. The SMILES string of the molecule is Cc1cccc(CN(C(=O)CN(c2cccc(Cl)c2)S(=O)(=O)c2ccc(Cl)cc2)[C@H](C)C(=O)NC2CCCCC2)c1. The molecular formula is C31H35Cl2N3O4S. The van der Waals surface area contributed by atoms with Crippen LogP contribution in [-0.4, -0.2) is 43.8 Å². The second-order valence-electron chi connectivity index (χ2n) is 10.5. The fraction of sp³-hybridized carbons (Fsp3) is 0.355. The van der Waals surface area contributed by atoms with Gasteiger partial charge in [-0.2, -0.15) is 0 Å². The Morgan fingerprint density at radius 3 is 2.27 bits per heavy atom. The molecular weight excluding hydrogens is 581 g/mol. The standard InChI is InChI=1S/C31H35Cl2N3O4S/c1-22-8-6-9-24(18-22)20-35(23(2)31(38)34-27-11-4-3-5-12-27)30(37)21-36(28-13-7-10-26(33)19-28)41(39,40)29-16-14-25(32)15-17-29/h6-10,13-19,23,27H,3-5,11-12,20-21H2,1-2H3,(H,34,38)/t23-/m1/s1. The Labute approximate surface area is 252 Å². The number of benzene rings is 3. The van der Waals surface area contributed by atoms with Gasteiger partial charge in [0.05, 0.1) is 10.6 Å². The number of hydrogen-bond acceptors (Lipinski definition) is 4. The van der Waals surface area contributed by atoms with Gasteiger partial charge in [-0.3, -0.25) is 13.9 Å². The molecule has 3 aromatic carbocycles. The van der Waals surface area contributed by atoms with E-state index in [0.717, 1.165) is 47.5 Å². The lowest BCUT2D eigenvalue weighted by atomic mass is 9.95. The van der Waals surface area contributed by atoms with Crippen molar-refractivity contribution in [2.45, 2.75) is 69.5 Å². The molecule has 2 amide bonds. The summed E-state index contributed by atoms with van der Waals surface area (Å²) in [6.45, 7) is 3.25. The van der Waals surface area contributed by atoms with Crippen LogP contribution in [0.5, 0.6) is 0 Å². The Morgan fingerprint density at radius 1 is 0.927 bits per heavy atom. The Hall–Kier alpha value is -3.07. The van der Waals surface area contributed by atoms with E-state index in [-0.39, 0.29) is 29.1 Å². The number of hydrogen-bond donors (Lipinski definition) is 1. The van der Waals surface area contributed by atoms with Crippen molar-refractivity contribution in [3.05, 3.63) is 94.0 Å². The molecule has 0 unspecified atom stereocenters. The number of sulfonamides is 1. The van der Waals surface area contributed by atoms with Gasteiger partial charge in [0.1, 0.15) is 12.6 Å². The van der Waals surface area contributed by atoms with Crippen LogP contribution in [0.15, 0.2) is 77.7 Å². The summed E-state index contributed by atoms with van der Waals surface area (Å²) in [6, 6.07) is 19.0. The third-order valence-corrected chi connectivity index (χ3v) is 9.61. The molecule has 218 valence electrons. The normalized spacial score (nSPS) is 14.7. The number of nitrogens with one attached hydrogen (secondary N) is 1. The maximum Gasteiger partial charge on any atom is 0.264 e. The van der Waals surface area contributed by atoms with Gasteiger partial charge in [0.25, 0.3) is 10.0 Å². The topological polar surface area (TPSA) is 86.8 Å². The largest absolute Gasteiger partial charge is 0.352 e. The molecule has 0 aromatic heterocycles. The van der Waals surface area contributed by atoms with Crippen molar-refractivity contribution in [3.63, 3.8) is 0 Å². The minimum Gasteiger partial charge on any atom is -0.352 e. The van der Waals surface area contributed by atoms with Gasteiger partial charge < -0.3 is 10.2 Å². The van der Waals surface area contributed by atoms with E-state index in [0.29, 0.717) is 10.0 Å². The lowest BCUT2D eigenvalue weighted by molar-refractivity contribution is -0.139. The smallest absolute Gasteiger partial charge is 0.264 e. The van der Waals surface area contributed by atoms with E-state index in [1.165, 1.54) is 35.2 Å². The molecule has 3 aromatic rings. The molecule has 1 N–H and O–H groups in total. The van der Waals surface area contributed by atoms with Crippen molar-refractivity contribution < 1.29 is 18.0 Å². The molecule has 1 aliphatic carbocycles. The van der Waals surface area contributed by atoms with E-state index in [2.05, 4.69) is 5.32 Å². The third-order valence-electron chi connectivity index (χ3n) is 7.33. The predicted molar refractivity (Wildman–Crippen MR) is 164 cm³/mol. The Kier molecular flexibility index (Phi) is 10.3. The van der Waals surface area contributed by atoms with Crippen LogP contribution in [0.2, 0.25) is 10.0 Å². The summed E-state index contributed by atoms with van der Waals surface area (Å²) < 4.78 is 28.8. The maximum atomic E-state index is 14.1. The first-order chi connectivity index (χ1) is 19.5. The summed E-state index contributed by atoms with van der Waals surface area (Å²) in [6.07, 6.45) is 5.09. The first-order valence-corrected chi connectivity index (χ1v) is 15.9. The van der Waals surface area contributed by atoms with Crippen molar-refractivity contribution in [1.29, 1.82) is 0 Å². The zero-order valence-electron chi connectivity index (χ0n) is 23.2. The van der Waals surface area contributed by atoms with Gasteiger partial charge >= 0.3 is 0 Å². The highest BCUT2D eigenvalue weighted by atomic mass is 35.5. The van der Waals surface area contributed by atoms with Crippen molar-refractivity contribution in [3.8, 4) is 0 Å². The second kappa shape index (κ2) is 13.7. The van der Waals surface area contributed by atoms with Gasteiger partial charge in [-0.1, -0.05) is 78.4 Å². The van der Waals surface area contributed by atoms with Gasteiger partial charge in [-0.05, 0) is 74.7 Å². The fourth-order valence-electron chi connectivity index (χ4n) is 5.05. The minimum absolute atomic E-state index is 0.0250. The molecule has 1 aliphatic rings.